The molecule has 0 spiro atoms. The summed E-state index contributed by atoms with van der Waals surface area (Å²) in [4.78, 5) is 6.15. The van der Waals surface area contributed by atoms with E-state index in [0.29, 0.717) is 0 Å². The summed E-state index contributed by atoms with van der Waals surface area (Å²) in [6, 6.07) is 4.29. The summed E-state index contributed by atoms with van der Waals surface area (Å²) >= 11 is 1.80. The van der Waals surface area contributed by atoms with Crippen LogP contribution in [0, 0.1) is 6.92 Å². The molecule has 0 amide bonds. The van der Waals surface area contributed by atoms with Gasteiger partial charge in [-0.2, -0.15) is 5.10 Å². The zero-order valence-electron chi connectivity index (χ0n) is 15.6. The Morgan fingerprint density at radius 1 is 1.36 bits per heavy atom. The highest BCUT2D eigenvalue weighted by atomic mass is 127. The van der Waals surface area contributed by atoms with Crippen molar-refractivity contribution < 1.29 is 0 Å². The molecule has 0 atom stereocenters. The summed E-state index contributed by atoms with van der Waals surface area (Å²) in [6.45, 7) is 11.2. The number of guanidine groups is 1. The average molecular weight is 475 g/mol. The number of hydrogen-bond acceptors (Lipinski definition) is 3. The molecule has 2 rings (SSSR count). The van der Waals surface area contributed by atoms with E-state index in [4.69, 9.17) is 4.99 Å². The molecule has 0 saturated heterocycles. The smallest absolute Gasteiger partial charge is 0.191 e. The monoisotopic (exact) mass is 475 g/mol. The molecule has 0 fully saturated rings. The van der Waals surface area contributed by atoms with E-state index in [1.54, 1.807) is 11.3 Å². The number of halogens is 1. The highest BCUT2D eigenvalue weighted by Crippen LogP contribution is 2.27. The minimum absolute atomic E-state index is 0. The third-order valence-electron chi connectivity index (χ3n) is 4.01. The van der Waals surface area contributed by atoms with Crippen molar-refractivity contribution in [3.63, 3.8) is 0 Å². The molecule has 2 heterocycles. The molecular weight excluding hydrogens is 445 g/mol. The van der Waals surface area contributed by atoms with Crippen molar-refractivity contribution >= 4 is 41.3 Å². The molecule has 2 aromatic heterocycles. The second-order valence-corrected chi connectivity index (χ2v) is 7.55. The second-order valence-electron chi connectivity index (χ2n) is 6.61. The van der Waals surface area contributed by atoms with Crippen LogP contribution in [-0.4, -0.2) is 35.8 Å². The summed E-state index contributed by atoms with van der Waals surface area (Å²) in [7, 11) is 0. The third-order valence-corrected chi connectivity index (χ3v) is 5.25. The molecule has 0 aromatic carbocycles. The second kappa shape index (κ2) is 10.8. The molecule has 3 N–H and O–H groups in total. The molecule has 0 aliphatic rings. The fourth-order valence-corrected chi connectivity index (χ4v) is 3.32. The molecule has 0 radical (unpaired) electrons. The summed E-state index contributed by atoms with van der Waals surface area (Å²) in [6.07, 6.45) is 3.99. The first-order valence-electron chi connectivity index (χ1n) is 8.58. The molecule has 5 nitrogen and oxygen atoms in total. The van der Waals surface area contributed by atoms with Crippen molar-refractivity contribution in [1.29, 1.82) is 0 Å². The third kappa shape index (κ3) is 6.97. The molecule has 25 heavy (non-hydrogen) atoms. The van der Waals surface area contributed by atoms with Gasteiger partial charge in [0.15, 0.2) is 5.96 Å². The van der Waals surface area contributed by atoms with Gasteiger partial charge in [-0.05, 0) is 43.7 Å². The maximum Gasteiger partial charge on any atom is 0.191 e. The van der Waals surface area contributed by atoms with Crippen LogP contribution in [0.25, 0.3) is 0 Å². The van der Waals surface area contributed by atoms with Gasteiger partial charge in [-0.15, -0.1) is 35.3 Å². The largest absolute Gasteiger partial charge is 0.357 e. The summed E-state index contributed by atoms with van der Waals surface area (Å²) in [5, 5.41) is 15.9. The molecule has 7 heteroatoms. The number of aromatic amines is 1. The number of H-pyrrole nitrogens is 1. The zero-order chi connectivity index (χ0) is 17.4. The topological polar surface area (TPSA) is 65.1 Å². The normalized spacial score (nSPS) is 11.9. The highest BCUT2D eigenvalue weighted by molar-refractivity contribution is 14.0. The fraction of sp³-hybridized carbons (Fsp3) is 0.556. The van der Waals surface area contributed by atoms with Gasteiger partial charge in [0.1, 0.15) is 0 Å². The van der Waals surface area contributed by atoms with Gasteiger partial charge in [0.25, 0.3) is 0 Å². The Labute approximate surface area is 172 Å². The Balaban J connectivity index is 0.00000312. The van der Waals surface area contributed by atoms with Crippen LogP contribution in [0.1, 0.15) is 43.3 Å². The van der Waals surface area contributed by atoms with Crippen LogP contribution in [0.15, 0.2) is 28.7 Å². The van der Waals surface area contributed by atoms with Crippen LogP contribution in [-0.2, 0) is 11.8 Å². The van der Waals surface area contributed by atoms with Crippen LogP contribution in [0.2, 0.25) is 0 Å². The predicted molar refractivity (Wildman–Crippen MR) is 118 cm³/mol. The van der Waals surface area contributed by atoms with E-state index in [1.165, 1.54) is 10.4 Å². The molecule has 0 aliphatic heterocycles. The lowest BCUT2D eigenvalue weighted by Gasteiger charge is -2.21. The minimum atomic E-state index is 0. The molecule has 0 aliphatic carbocycles. The maximum absolute atomic E-state index is 4.78. The SMILES string of the molecule is CCNC(=NCC(C)(C)c1cccs1)NCCCc1cn[nH]c1C.I. The lowest BCUT2D eigenvalue weighted by molar-refractivity contribution is 0.548. The number of hydrogen-bond donors (Lipinski definition) is 3. The van der Waals surface area contributed by atoms with Crippen LogP contribution in [0.3, 0.4) is 0 Å². The Morgan fingerprint density at radius 2 is 2.16 bits per heavy atom. The number of nitrogens with zero attached hydrogens (tertiary/aromatic N) is 2. The van der Waals surface area contributed by atoms with Crippen LogP contribution < -0.4 is 10.6 Å². The van der Waals surface area contributed by atoms with Crippen molar-refractivity contribution in [2.24, 2.45) is 4.99 Å². The first-order chi connectivity index (χ1) is 11.5. The van der Waals surface area contributed by atoms with E-state index in [9.17, 15) is 0 Å². The van der Waals surface area contributed by atoms with Crippen molar-refractivity contribution in [1.82, 2.24) is 20.8 Å². The highest BCUT2D eigenvalue weighted by Gasteiger charge is 2.21. The van der Waals surface area contributed by atoms with E-state index in [0.717, 1.165) is 44.1 Å². The molecule has 2 aromatic rings. The lowest BCUT2D eigenvalue weighted by Crippen LogP contribution is -2.39. The van der Waals surface area contributed by atoms with Gasteiger partial charge in [0.05, 0.1) is 12.7 Å². The number of aliphatic imine (C=N–C) groups is 1. The fourth-order valence-electron chi connectivity index (χ4n) is 2.47. The van der Waals surface area contributed by atoms with Crippen molar-refractivity contribution in [2.75, 3.05) is 19.6 Å². The molecule has 140 valence electrons. The maximum atomic E-state index is 4.78. The summed E-state index contributed by atoms with van der Waals surface area (Å²) in [5.41, 5.74) is 2.51. The summed E-state index contributed by atoms with van der Waals surface area (Å²) in [5.74, 6) is 0.894. The Morgan fingerprint density at radius 3 is 2.76 bits per heavy atom. The van der Waals surface area contributed by atoms with E-state index < -0.39 is 0 Å². The van der Waals surface area contributed by atoms with Gasteiger partial charge in [-0.3, -0.25) is 10.1 Å². The van der Waals surface area contributed by atoms with E-state index in [1.807, 2.05) is 6.20 Å². The standard InChI is InChI=1S/C18H29N5S.HI/c1-5-19-17(20-10-6-8-15-12-22-23-14(15)2)21-13-18(3,4)16-9-7-11-24-16;/h7,9,11-12H,5-6,8,10,13H2,1-4H3,(H,22,23)(H2,19,20,21);1H. The molecule has 0 bridgehead atoms. The molecular formula is C18H30IN5S. The van der Waals surface area contributed by atoms with Gasteiger partial charge in [-0.25, -0.2) is 0 Å². The average Bonchev–Trinajstić information content (AvgIpc) is 3.21. The van der Waals surface area contributed by atoms with Gasteiger partial charge < -0.3 is 10.6 Å². The van der Waals surface area contributed by atoms with Crippen molar-refractivity contribution in [3.05, 3.63) is 39.8 Å². The Hall–Kier alpha value is -1.09. The van der Waals surface area contributed by atoms with Crippen LogP contribution in [0.5, 0.6) is 0 Å². The number of aromatic nitrogens is 2. The van der Waals surface area contributed by atoms with E-state index in [-0.39, 0.29) is 29.4 Å². The first-order valence-corrected chi connectivity index (χ1v) is 9.46. The quantitative estimate of drug-likeness (QED) is 0.235. The van der Waals surface area contributed by atoms with Gasteiger partial charge in [-0.1, -0.05) is 19.9 Å². The zero-order valence-corrected chi connectivity index (χ0v) is 18.7. The van der Waals surface area contributed by atoms with E-state index in [2.05, 4.69) is 66.0 Å². The minimum Gasteiger partial charge on any atom is -0.357 e. The van der Waals surface area contributed by atoms with Gasteiger partial charge >= 0.3 is 0 Å². The number of thiophene rings is 1. The number of aryl methyl sites for hydroxylation is 2. The van der Waals surface area contributed by atoms with Gasteiger partial charge in [0.2, 0.25) is 0 Å². The first kappa shape index (κ1) is 22.0. The number of nitrogens with one attached hydrogen (secondary N) is 3. The lowest BCUT2D eigenvalue weighted by atomic mass is 9.92. The Bertz CT molecular complexity index is 634. The Kier molecular flexibility index (Phi) is 9.48. The molecule has 0 saturated carbocycles. The summed E-state index contributed by atoms with van der Waals surface area (Å²) < 4.78 is 0. The van der Waals surface area contributed by atoms with Crippen LogP contribution in [0.4, 0.5) is 0 Å². The van der Waals surface area contributed by atoms with Crippen molar-refractivity contribution in [3.8, 4) is 0 Å². The number of rotatable bonds is 8. The molecule has 0 unspecified atom stereocenters. The van der Waals surface area contributed by atoms with E-state index >= 15 is 0 Å². The van der Waals surface area contributed by atoms with Gasteiger partial charge in [0, 0.05) is 29.1 Å². The predicted octanol–water partition coefficient (Wildman–Crippen LogP) is 3.86. The van der Waals surface area contributed by atoms with Crippen molar-refractivity contribution in [2.45, 2.75) is 46.0 Å². The van der Waals surface area contributed by atoms with Crippen LogP contribution >= 0.6 is 35.3 Å².